The van der Waals surface area contributed by atoms with Crippen molar-refractivity contribution >= 4 is 22.9 Å². The molecule has 0 aliphatic heterocycles. The van der Waals surface area contributed by atoms with Crippen LogP contribution in [0.1, 0.15) is 16.2 Å². The minimum Gasteiger partial charge on any atom is -0.379 e. The van der Waals surface area contributed by atoms with Gasteiger partial charge in [0.15, 0.2) is 0 Å². The minimum atomic E-state index is -0.192. The number of amides is 1. The molecule has 2 heterocycles. The Kier molecular flexibility index (Phi) is 3.66. The standard InChI is InChI=1S/C11H12N4OS/c1-12-11(16)10-4-8(2-3-13-10)14-5-9-6-17-7-15-9/h2-4,6-7H,5H2,1H3,(H,12,16)(H,13,14). The summed E-state index contributed by atoms with van der Waals surface area (Å²) in [7, 11) is 1.58. The first-order valence-electron chi connectivity index (χ1n) is 5.08. The van der Waals surface area contributed by atoms with Gasteiger partial charge in [-0.05, 0) is 12.1 Å². The van der Waals surface area contributed by atoms with E-state index in [9.17, 15) is 4.79 Å². The highest BCUT2D eigenvalue weighted by molar-refractivity contribution is 7.07. The summed E-state index contributed by atoms with van der Waals surface area (Å²) in [5.74, 6) is -0.192. The fourth-order valence-corrected chi connectivity index (χ4v) is 1.87. The molecule has 0 aromatic carbocycles. The maximum atomic E-state index is 11.4. The summed E-state index contributed by atoms with van der Waals surface area (Å²) in [6.45, 7) is 0.640. The first-order chi connectivity index (χ1) is 8.29. The van der Waals surface area contributed by atoms with E-state index in [1.165, 1.54) is 0 Å². The number of carbonyl (C=O) groups excluding carboxylic acids is 1. The van der Waals surface area contributed by atoms with Gasteiger partial charge in [0, 0.05) is 24.3 Å². The van der Waals surface area contributed by atoms with Crippen LogP contribution in [0.2, 0.25) is 0 Å². The smallest absolute Gasteiger partial charge is 0.269 e. The molecule has 2 N–H and O–H groups in total. The zero-order chi connectivity index (χ0) is 12.1. The molecule has 0 saturated carbocycles. The van der Waals surface area contributed by atoms with Crippen molar-refractivity contribution in [3.63, 3.8) is 0 Å². The van der Waals surface area contributed by atoms with Crippen molar-refractivity contribution in [1.82, 2.24) is 15.3 Å². The fourth-order valence-electron chi connectivity index (χ4n) is 1.31. The van der Waals surface area contributed by atoms with Gasteiger partial charge in [0.2, 0.25) is 0 Å². The van der Waals surface area contributed by atoms with Crippen LogP contribution in [0.25, 0.3) is 0 Å². The molecule has 6 heteroatoms. The Balaban J connectivity index is 2.03. The van der Waals surface area contributed by atoms with Crippen molar-refractivity contribution in [3.8, 4) is 0 Å². The van der Waals surface area contributed by atoms with Gasteiger partial charge in [-0.15, -0.1) is 11.3 Å². The summed E-state index contributed by atoms with van der Waals surface area (Å²) in [5.41, 5.74) is 4.02. The molecule has 0 unspecified atom stereocenters. The molecule has 2 aromatic rings. The third-order valence-electron chi connectivity index (χ3n) is 2.18. The van der Waals surface area contributed by atoms with Crippen molar-refractivity contribution in [2.75, 3.05) is 12.4 Å². The third-order valence-corrected chi connectivity index (χ3v) is 2.81. The third kappa shape index (κ3) is 3.01. The van der Waals surface area contributed by atoms with Gasteiger partial charge in [0.05, 0.1) is 17.7 Å². The number of hydrogen-bond acceptors (Lipinski definition) is 5. The van der Waals surface area contributed by atoms with Crippen LogP contribution in [-0.4, -0.2) is 22.9 Å². The average molecular weight is 248 g/mol. The van der Waals surface area contributed by atoms with Crippen LogP contribution in [0, 0.1) is 0 Å². The fraction of sp³-hybridized carbons (Fsp3) is 0.182. The predicted octanol–water partition coefficient (Wildman–Crippen LogP) is 1.51. The summed E-state index contributed by atoms with van der Waals surface area (Å²) < 4.78 is 0. The number of anilines is 1. The SMILES string of the molecule is CNC(=O)c1cc(NCc2cscn2)ccn1. The lowest BCUT2D eigenvalue weighted by Crippen LogP contribution is -2.19. The molecule has 2 aromatic heterocycles. The van der Waals surface area contributed by atoms with E-state index in [2.05, 4.69) is 20.6 Å². The monoisotopic (exact) mass is 248 g/mol. The van der Waals surface area contributed by atoms with Gasteiger partial charge in [-0.25, -0.2) is 4.98 Å². The second kappa shape index (κ2) is 5.40. The van der Waals surface area contributed by atoms with Gasteiger partial charge < -0.3 is 10.6 Å². The highest BCUT2D eigenvalue weighted by Gasteiger charge is 2.05. The number of carbonyl (C=O) groups is 1. The van der Waals surface area contributed by atoms with Crippen LogP contribution in [-0.2, 0) is 6.54 Å². The quantitative estimate of drug-likeness (QED) is 0.860. The maximum Gasteiger partial charge on any atom is 0.269 e. The molecule has 0 aliphatic rings. The van der Waals surface area contributed by atoms with Crippen LogP contribution in [0.5, 0.6) is 0 Å². The number of aromatic nitrogens is 2. The molecular formula is C11H12N4OS. The minimum absolute atomic E-state index is 0.192. The number of hydrogen-bond donors (Lipinski definition) is 2. The van der Waals surface area contributed by atoms with Gasteiger partial charge in [-0.3, -0.25) is 9.78 Å². The normalized spacial score (nSPS) is 9.94. The second-order valence-electron chi connectivity index (χ2n) is 3.34. The summed E-state index contributed by atoms with van der Waals surface area (Å²) in [6, 6.07) is 3.53. The van der Waals surface area contributed by atoms with Crippen molar-refractivity contribution in [1.29, 1.82) is 0 Å². The molecule has 0 atom stereocenters. The molecule has 0 bridgehead atoms. The van der Waals surface area contributed by atoms with Crippen molar-refractivity contribution in [2.24, 2.45) is 0 Å². The van der Waals surface area contributed by atoms with Gasteiger partial charge in [-0.2, -0.15) is 0 Å². The lowest BCUT2D eigenvalue weighted by molar-refractivity contribution is 0.0958. The Bertz CT molecular complexity index is 498. The maximum absolute atomic E-state index is 11.4. The summed E-state index contributed by atoms with van der Waals surface area (Å²) in [6.07, 6.45) is 1.61. The van der Waals surface area contributed by atoms with E-state index in [0.29, 0.717) is 12.2 Å². The average Bonchev–Trinajstić information content (AvgIpc) is 2.89. The molecule has 17 heavy (non-hydrogen) atoms. The van der Waals surface area contributed by atoms with Crippen molar-refractivity contribution in [3.05, 3.63) is 40.6 Å². The van der Waals surface area contributed by atoms with Crippen LogP contribution >= 0.6 is 11.3 Å². The molecule has 88 valence electrons. The van der Waals surface area contributed by atoms with Crippen molar-refractivity contribution < 1.29 is 4.79 Å². The summed E-state index contributed by atoms with van der Waals surface area (Å²) >= 11 is 1.56. The number of nitrogens with one attached hydrogen (secondary N) is 2. The summed E-state index contributed by atoms with van der Waals surface area (Å²) in [4.78, 5) is 19.5. The molecule has 1 amide bonds. The van der Waals surface area contributed by atoms with E-state index in [1.54, 1.807) is 36.2 Å². The summed E-state index contributed by atoms with van der Waals surface area (Å²) in [5, 5.41) is 7.71. The largest absolute Gasteiger partial charge is 0.379 e. The number of thiazole rings is 1. The molecular weight excluding hydrogens is 236 g/mol. The second-order valence-corrected chi connectivity index (χ2v) is 4.06. The van der Waals surface area contributed by atoms with Gasteiger partial charge in [0.1, 0.15) is 5.69 Å². The van der Waals surface area contributed by atoms with Crippen LogP contribution in [0.4, 0.5) is 5.69 Å². The zero-order valence-electron chi connectivity index (χ0n) is 9.30. The van der Waals surface area contributed by atoms with Crippen molar-refractivity contribution in [2.45, 2.75) is 6.54 Å². The Labute approximate surface area is 103 Å². The van der Waals surface area contributed by atoms with Gasteiger partial charge >= 0.3 is 0 Å². The van der Waals surface area contributed by atoms with Crippen LogP contribution in [0.3, 0.4) is 0 Å². The van der Waals surface area contributed by atoms with E-state index in [0.717, 1.165) is 11.4 Å². The number of rotatable bonds is 4. The van der Waals surface area contributed by atoms with E-state index in [1.807, 2.05) is 11.4 Å². The number of nitrogens with zero attached hydrogens (tertiary/aromatic N) is 2. The topological polar surface area (TPSA) is 66.9 Å². The molecule has 5 nitrogen and oxygen atoms in total. The Morgan fingerprint density at radius 2 is 2.35 bits per heavy atom. The van der Waals surface area contributed by atoms with Crippen LogP contribution < -0.4 is 10.6 Å². The van der Waals surface area contributed by atoms with E-state index in [4.69, 9.17) is 0 Å². The van der Waals surface area contributed by atoms with Crippen LogP contribution in [0.15, 0.2) is 29.2 Å². The Morgan fingerprint density at radius 1 is 1.47 bits per heavy atom. The first kappa shape index (κ1) is 11.5. The Morgan fingerprint density at radius 3 is 3.06 bits per heavy atom. The first-order valence-corrected chi connectivity index (χ1v) is 6.03. The molecule has 0 saturated heterocycles. The van der Waals surface area contributed by atoms with E-state index in [-0.39, 0.29) is 5.91 Å². The van der Waals surface area contributed by atoms with E-state index < -0.39 is 0 Å². The molecule has 0 spiro atoms. The molecule has 0 fully saturated rings. The molecule has 0 radical (unpaired) electrons. The molecule has 2 rings (SSSR count). The molecule has 0 aliphatic carbocycles. The zero-order valence-corrected chi connectivity index (χ0v) is 10.1. The van der Waals surface area contributed by atoms with E-state index >= 15 is 0 Å². The predicted molar refractivity (Wildman–Crippen MR) is 67.1 cm³/mol. The highest BCUT2D eigenvalue weighted by Crippen LogP contribution is 2.10. The van der Waals surface area contributed by atoms with Gasteiger partial charge in [-0.1, -0.05) is 0 Å². The number of pyridine rings is 1. The van der Waals surface area contributed by atoms with Gasteiger partial charge in [0.25, 0.3) is 5.91 Å². The lowest BCUT2D eigenvalue weighted by Gasteiger charge is -2.05. The lowest BCUT2D eigenvalue weighted by atomic mass is 10.3. The Hall–Kier alpha value is -1.95. The highest BCUT2D eigenvalue weighted by atomic mass is 32.1.